The number of benzene rings is 2. The molecular weight excluding hydrogens is 281 g/mol. The van der Waals surface area contributed by atoms with E-state index in [0.717, 1.165) is 12.0 Å². The van der Waals surface area contributed by atoms with Crippen molar-refractivity contribution in [1.29, 1.82) is 0 Å². The molecule has 104 valence electrons. The molecule has 0 aromatic heterocycles. The van der Waals surface area contributed by atoms with Crippen molar-refractivity contribution >= 4 is 23.3 Å². The predicted molar refractivity (Wildman–Crippen MR) is 77.0 cm³/mol. The fraction of sp³-hybridized carbons (Fsp3) is 0.133. The molecule has 5 heteroatoms. The molecule has 0 aliphatic rings. The van der Waals surface area contributed by atoms with Crippen molar-refractivity contribution in [2.75, 3.05) is 11.9 Å². The summed E-state index contributed by atoms with van der Waals surface area (Å²) in [5.41, 5.74) is 1.84. The largest absolute Gasteiger partial charge is 0.478 e. The molecule has 0 bridgehead atoms. The first kappa shape index (κ1) is 14.3. The number of carboxylic acid groups (broad SMARTS) is 1. The predicted octanol–water partition coefficient (Wildman–Crippen LogP) is 3.83. The van der Waals surface area contributed by atoms with Gasteiger partial charge in [0.25, 0.3) is 0 Å². The first-order chi connectivity index (χ1) is 9.56. The number of carbonyl (C=O) groups is 1. The Morgan fingerprint density at radius 1 is 1.20 bits per heavy atom. The zero-order chi connectivity index (χ0) is 14.5. The lowest BCUT2D eigenvalue weighted by atomic mass is 10.1. The summed E-state index contributed by atoms with van der Waals surface area (Å²) in [5.74, 6) is -1.27. The number of nitrogens with one attached hydrogen (secondary N) is 1. The summed E-state index contributed by atoms with van der Waals surface area (Å²) in [6, 6.07) is 10.8. The molecule has 0 saturated heterocycles. The molecule has 0 spiro atoms. The Labute approximate surface area is 121 Å². The van der Waals surface area contributed by atoms with E-state index < -0.39 is 5.97 Å². The Morgan fingerprint density at radius 2 is 1.90 bits per heavy atom. The van der Waals surface area contributed by atoms with E-state index in [1.54, 1.807) is 18.2 Å². The first-order valence-corrected chi connectivity index (χ1v) is 6.45. The minimum Gasteiger partial charge on any atom is -0.478 e. The number of halogens is 2. The van der Waals surface area contributed by atoms with E-state index in [2.05, 4.69) is 5.32 Å². The van der Waals surface area contributed by atoms with Gasteiger partial charge in [-0.3, -0.25) is 0 Å². The van der Waals surface area contributed by atoms with E-state index in [1.807, 2.05) is 0 Å². The molecule has 0 saturated carbocycles. The molecule has 0 unspecified atom stereocenters. The Kier molecular flexibility index (Phi) is 4.58. The Morgan fingerprint density at radius 3 is 2.50 bits per heavy atom. The smallest absolute Gasteiger partial charge is 0.335 e. The number of hydrogen-bond acceptors (Lipinski definition) is 2. The van der Waals surface area contributed by atoms with Crippen LogP contribution >= 0.6 is 11.6 Å². The second kappa shape index (κ2) is 6.39. The highest BCUT2D eigenvalue weighted by Crippen LogP contribution is 2.23. The van der Waals surface area contributed by atoms with E-state index in [1.165, 1.54) is 24.3 Å². The van der Waals surface area contributed by atoms with Crippen molar-refractivity contribution in [2.45, 2.75) is 6.42 Å². The average molecular weight is 294 g/mol. The normalized spacial score (nSPS) is 10.3. The average Bonchev–Trinajstić information content (AvgIpc) is 2.42. The highest BCUT2D eigenvalue weighted by atomic mass is 35.5. The molecule has 2 rings (SSSR count). The molecular formula is C15H13ClFNO2. The van der Waals surface area contributed by atoms with Crippen molar-refractivity contribution in [3.05, 3.63) is 64.4 Å². The Balaban J connectivity index is 1.94. The summed E-state index contributed by atoms with van der Waals surface area (Å²) < 4.78 is 12.7. The van der Waals surface area contributed by atoms with Crippen LogP contribution in [0.5, 0.6) is 0 Å². The van der Waals surface area contributed by atoms with Gasteiger partial charge < -0.3 is 10.4 Å². The van der Waals surface area contributed by atoms with Crippen LogP contribution in [0.25, 0.3) is 0 Å². The van der Waals surface area contributed by atoms with Gasteiger partial charge in [-0.05, 0) is 42.3 Å². The van der Waals surface area contributed by atoms with Crippen LogP contribution in [0.4, 0.5) is 10.1 Å². The molecule has 0 amide bonds. The molecule has 0 atom stereocenters. The molecule has 0 radical (unpaired) electrons. The molecule has 0 aliphatic heterocycles. The van der Waals surface area contributed by atoms with Crippen LogP contribution in [0.1, 0.15) is 15.9 Å². The zero-order valence-electron chi connectivity index (χ0n) is 10.6. The number of anilines is 1. The van der Waals surface area contributed by atoms with E-state index in [9.17, 15) is 9.18 Å². The molecule has 2 aromatic carbocycles. The van der Waals surface area contributed by atoms with Crippen molar-refractivity contribution in [3.63, 3.8) is 0 Å². The maximum Gasteiger partial charge on any atom is 0.335 e. The van der Waals surface area contributed by atoms with Gasteiger partial charge >= 0.3 is 5.97 Å². The highest BCUT2D eigenvalue weighted by molar-refractivity contribution is 6.33. The van der Waals surface area contributed by atoms with Crippen LogP contribution in [0.2, 0.25) is 5.02 Å². The van der Waals surface area contributed by atoms with Gasteiger partial charge in [-0.1, -0.05) is 23.7 Å². The number of aromatic carboxylic acids is 1. The highest BCUT2D eigenvalue weighted by Gasteiger charge is 2.06. The standard InChI is InChI=1S/C15H13ClFNO2/c16-13-9-11(15(19)20)3-6-14(13)18-8-7-10-1-4-12(17)5-2-10/h1-6,9,18H,7-8H2,(H,19,20). The molecule has 2 aromatic rings. The topological polar surface area (TPSA) is 49.3 Å². The van der Waals surface area contributed by atoms with Crippen LogP contribution in [0.3, 0.4) is 0 Å². The van der Waals surface area contributed by atoms with Crippen molar-refractivity contribution in [1.82, 2.24) is 0 Å². The first-order valence-electron chi connectivity index (χ1n) is 6.07. The summed E-state index contributed by atoms with van der Waals surface area (Å²) in [6.07, 6.45) is 0.720. The van der Waals surface area contributed by atoms with E-state index in [-0.39, 0.29) is 11.4 Å². The maximum atomic E-state index is 12.7. The van der Waals surface area contributed by atoms with E-state index >= 15 is 0 Å². The monoisotopic (exact) mass is 293 g/mol. The second-order valence-corrected chi connectivity index (χ2v) is 4.71. The summed E-state index contributed by atoms with van der Waals surface area (Å²) >= 11 is 6.00. The molecule has 20 heavy (non-hydrogen) atoms. The summed E-state index contributed by atoms with van der Waals surface area (Å²) in [7, 11) is 0. The summed E-state index contributed by atoms with van der Waals surface area (Å²) in [5, 5.41) is 12.3. The fourth-order valence-corrected chi connectivity index (χ4v) is 2.03. The summed E-state index contributed by atoms with van der Waals surface area (Å²) in [4.78, 5) is 10.8. The van der Waals surface area contributed by atoms with Gasteiger partial charge in [0.1, 0.15) is 5.82 Å². The molecule has 0 aliphatic carbocycles. The lowest BCUT2D eigenvalue weighted by Crippen LogP contribution is -2.06. The van der Waals surface area contributed by atoms with Crippen LogP contribution in [-0.2, 0) is 6.42 Å². The molecule has 0 heterocycles. The molecule has 3 nitrogen and oxygen atoms in total. The van der Waals surface area contributed by atoms with Crippen LogP contribution in [0, 0.1) is 5.82 Å². The maximum absolute atomic E-state index is 12.7. The van der Waals surface area contributed by atoms with Crippen molar-refractivity contribution in [2.24, 2.45) is 0 Å². The molecule has 2 N–H and O–H groups in total. The van der Waals surface area contributed by atoms with Crippen LogP contribution in [0.15, 0.2) is 42.5 Å². The third kappa shape index (κ3) is 3.71. The van der Waals surface area contributed by atoms with Gasteiger partial charge in [0, 0.05) is 6.54 Å². The van der Waals surface area contributed by atoms with Gasteiger partial charge in [0.2, 0.25) is 0 Å². The van der Waals surface area contributed by atoms with Gasteiger partial charge in [-0.2, -0.15) is 0 Å². The van der Waals surface area contributed by atoms with Gasteiger partial charge in [-0.25, -0.2) is 9.18 Å². The lowest BCUT2D eigenvalue weighted by molar-refractivity contribution is 0.0697. The third-order valence-corrected chi connectivity index (χ3v) is 3.17. The Bertz CT molecular complexity index is 614. The van der Waals surface area contributed by atoms with Crippen molar-refractivity contribution in [3.8, 4) is 0 Å². The number of rotatable bonds is 5. The van der Waals surface area contributed by atoms with Crippen LogP contribution in [-0.4, -0.2) is 17.6 Å². The zero-order valence-corrected chi connectivity index (χ0v) is 11.3. The number of hydrogen-bond donors (Lipinski definition) is 2. The van der Waals surface area contributed by atoms with E-state index in [0.29, 0.717) is 17.3 Å². The van der Waals surface area contributed by atoms with Crippen LogP contribution < -0.4 is 5.32 Å². The summed E-state index contributed by atoms with van der Waals surface area (Å²) in [6.45, 7) is 0.623. The van der Waals surface area contributed by atoms with Crippen molar-refractivity contribution < 1.29 is 14.3 Å². The minimum absolute atomic E-state index is 0.152. The van der Waals surface area contributed by atoms with Gasteiger partial charge in [-0.15, -0.1) is 0 Å². The SMILES string of the molecule is O=C(O)c1ccc(NCCc2ccc(F)cc2)c(Cl)c1. The van der Waals surface area contributed by atoms with E-state index in [4.69, 9.17) is 16.7 Å². The molecule has 0 fully saturated rings. The van der Waals surface area contributed by atoms with Gasteiger partial charge in [0.05, 0.1) is 16.3 Å². The third-order valence-electron chi connectivity index (χ3n) is 2.86. The fourth-order valence-electron chi connectivity index (χ4n) is 1.78. The lowest BCUT2D eigenvalue weighted by Gasteiger charge is -2.09. The quantitative estimate of drug-likeness (QED) is 0.881. The second-order valence-electron chi connectivity index (χ2n) is 4.30. The van der Waals surface area contributed by atoms with Gasteiger partial charge in [0.15, 0.2) is 0 Å². The Hall–Kier alpha value is -2.07. The minimum atomic E-state index is -1.01. The number of carboxylic acids is 1.